The van der Waals surface area contributed by atoms with E-state index in [-0.39, 0.29) is 22.8 Å². The Labute approximate surface area is 192 Å². The highest BCUT2D eigenvalue weighted by atomic mass is 16.5. The maximum atomic E-state index is 13.6. The summed E-state index contributed by atoms with van der Waals surface area (Å²) in [5, 5.41) is 10.6. The molecule has 0 radical (unpaired) electrons. The number of hydrogen-bond donors (Lipinski definition) is 1. The van der Waals surface area contributed by atoms with Gasteiger partial charge in [-0.05, 0) is 61.2 Å². The van der Waals surface area contributed by atoms with E-state index in [0.29, 0.717) is 28.6 Å². The zero-order valence-corrected chi connectivity index (χ0v) is 19.0. The standard InChI is InChI=1S/C26H28N2O5/c1-16-13-20-21(14-17(16)2)33-25-22(24(20)30)23(18-5-3-6-19(29)15-18)28(26(25)31)8-4-7-27-9-11-32-12-10-27/h3,5-6,13-15,23,29H,4,7-12H2,1-2H3/t23-/m0/s1. The minimum Gasteiger partial charge on any atom is -0.508 e. The number of morpholine rings is 1. The molecule has 33 heavy (non-hydrogen) atoms. The van der Waals surface area contributed by atoms with Gasteiger partial charge >= 0.3 is 0 Å². The topological polar surface area (TPSA) is 83.2 Å². The van der Waals surface area contributed by atoms with E-state index in [1.54, 1.807) is 23.1 Å². The summed E-state index contributed by atoms with van der Waals surface area (Å²) in [6.07, 6.45) is 0.765. The summed E-state index contributed by atoms with van der Waals surface area (Å²) in [6, 6.07) is 9.84. The molecule has 172 valence electrons. The molecule has 0 spiro atoms. The average Bonchev–Trinajstić information content (AvgIpc) is 3.08. The third-order valence-electron chi connectivity index (χ3n) is 6.75. The third-order valence-corrected chi connectivity index (χ3v) is 6.75. The summed E-state index contributed by atoms with van der Waals surface area (Å²) in [7, 11) is 0. The molecule has 3 heterocycles. The second-order valence-electron chi connectivity index (χ2n) is 8.91. The summed E-state index contributed by atoms with van der Waals surface area (Å²) in [6.45, 7) is 8.46. The van der Waals surface area contributed by atoms with Crippen molar-refractivity contribution in [3.63, 3.8) is 0 Å². The smallest absolute Gasteiger partial charge is 0.290 e. The second kappa shape index (κ2) is 8.65. The molecule has 0 unspecified atom stereocenters. The fraction of sp³-hybridized carbons (Fsp3) is 0.385. The van der Waals surface area contributed by atoms with Crippen LogP contribution in [0.25, 0.3) is 11.0 Å². The van der Waals surface area contributed by atoms with Crippen LogP contribution in [-0.4, -0.2) is 60.2 Å². The highest BCUT2D eigenvalue weighted by molar-refractivity contribution is 5.99. The number of ether oxygens (including phenoxy) is 1. The Morgan fingerprint density at radius 3 is 2.55 bits per heavy atom. The molecular formula is C26H28N2O5. The van der Waals surface area contributed by atoms with Crippen LogP contribution in [0.3, 0.4) is 0 Å². The van der Waals surface area contributed by atoms with E-state index in [2.05, 4.69) is 4.90 Å². The molecule has 3 aromatic rings. The summed E-state index contributed by atoms with van der Waals surface area (Å²) in [5.74, 6) is -0.0775. The number of nitrogens with zero attached hydrogens (tertiary/aromatic N) is 2. The molecule has 2 aliphatic heterocycles. The number of carbonyl (C=O) groups is 1. The molecule has 0 bridgehead atoms. The predicted octanol–water partition coefficient (Wildman–Crippen LogP) is 3.38. The van der Waals surface area contributed by atoms with Gasteiger partial charge in [0.1, 0.15) is 11.3 Å². The van der Waals surface area contributed by atoms with Crippen molar-refractivity contribution >= 4 is 16.9 Å². The van der Waals surface area contributed by atoms with Crippen LogP contribution in [0.15, 0.2) is 45.6 Å². The van der Waals surface area contributed by atoms with Crippen LogP contribution < -0.4 is 5.43 Å². The Morgan fingerprint density at radius 1 is 1.03 bits per heavy atom. The van der Waals surface area contributed by atoms with E-state index in [9.17, 15) is 14.7 Å². The van der Waals surface area contributed by atoms with Crippen molar-refractivity contribution in [1.82, 2.24) is 9.80 Å². The quantitative estimate of drug-likeness (QED) is 0.644. The predicted molar refractivity (Wildman–Crippen MR) is 125 cm³/mol. The number of carbonyl (C=O) groups excluding carboxylic acids is 1. The molecule has 0 saturated carbocycles. The van der Waals surface area contributed by atoms with Gasteiger partial charge in [-0.3, -0.25) is 14.5 Å². The van der Waals surface area contributed by atoms with Crippen LogP contribution in [0.5, 0.6) is 5.75 Å². The summed E-state index contributed by atoms with van der Waals surface area (Å²) in [4.78, 5) is 31.2. The van der Waals surface area contributed by atoms with Gasteiger partial charge < -0.3 is 19.2 Å². The lowest BCUT2D eigenvalue weighted by Gasteiger charge is -2.29. The fourth-order valence-corrected chi connectivity index (χ4v) is 4.84. The second-order valence-corrected chi connectivity index (χ2v) is 8.91. The zero-order chi connectivity index (χ0) is 23.1. The van der Waals surface area contributed by atoms with Gasteiger partial charge in [0.15, 0.2) is 5.43 Å². The molecule has 1 fully saturated rings. The molecule has 1 saturated heterocycles. The van der Waals surface area contributed by atoms with Gasteiger partial charge in [-0.1, -0.05) is 12.1 Å². The molecule has 7 nitrogen and oxygen atoms in total. The van der Waals surface area contributed by atoms with E-state index in [0.717, 1.165) is 50.4 Å². The van der Waals surface area contributed by atoms with E-state index in [1.807, 2.05) is 32.0 Å². The molecule has 1 aromatic heterocycles. The van der Waals surface area contributed by atoms with E-state index >= 15 is 0 Å². The Balaban J connectivity index is 1.56. The van der Waals surface area contributed by atoms with E-state index < -0.39 is 6.04 Å². The summed E-state index contributed by atoms with van der Waals surface area (Å²) in [5.41, 5.74) is 3.29. The SMILES string of the molecule is Cc1cc2oc3c(c(=O)c2cc1C)[C@H](c1cccc(O)c1)N(CCCN1CCOCC1)C3=O. The lowest BCUT2D eigenvalue weighted by molar-refractivity contribution is 0.0353. The van der Waals surface area contributed by atoms with Crippen LogP contribution in [-0.2, 0) is 4.74 Å². The molecule has 2 aliphatic rings. The number of hydrogen-bond acceptors (Lipinski definition) is 6. The number of phenols is 1. The van der Waals surface area contributed by atoms with Crippen LogP contribution >= 0.6 is 0 Å². The fourth-order valence-electron chi connectivity index (χ4n) is 4.84. The lowest BCUT2D eigenvalue weighted by atomic mass is 9.97. The maximum Gasteiger partial charge on any atom is 0.290 e. The van der Waals surface area contributed by atoms with E-state index in [4.69, 9.17) is 9.15 Å². The normalized spacial score (nSPS) is 18.8. The number of aryl methyl sites for hydroxylation is 2. The zero-order valence-electron chi connectivity index (χ0n) is 19.0. The minimum absolute atomic E-state index is 0.0957. The Kier molecular flexibility index (Phi) is 5.68. The number of phenolic OH excluding ortho intramolecular Hbond substituents is 1. The molecule has 1 atom stereocenters. The first-order valence-electron chi connectivity index (χ1n) is 11.4. The Hall–Kier alpha value is -3.16. The van der Waals surface area contributed by atoms with Gasteiger partial charge in [-0.2, -0.15) is 0 Å². The average molecular weight is 449 g/mol. The number of benzene rings is 2. The Bertz CT molecular complexity index is 1280. The molecule has 0 aliphatic carbocycles. The van der Waals surface area contributed by atoms with Crippen LogP contribution in [0.2, 0.25) is 0 Å². The van der Waals surface area contributed by atoms with Crippen molar-refractivity contribution < 1.29 is 19.1 Å². The summed E-state index contributed by atoms with van der Waals surface area (Å²) < 4.78 is 11.5. The van der Waals surface area contributed by atoms with Crippen molar-refractivity contribution in [2.24, 2.45) is 0 Å². The van der Waals surface area contributed by atoms with Gasteiger partial charge in [0.25, 0.3) is 5.91 Å². The van der Waals surface area contributed by atoms with Crippen LogP contribution in [0, 0.1) is 13.8 Å². The number of fused-ring (bicyclic) bond motifs is 2. The number of aromatic hydroxyl groups is 1. The van der Waals surface area contributed by atoms with Crippen LogP contribution in [0.4, 0.5) is 0 Å². The van der Waals surface area contributed by atoms with Crippen molar-refractivity contribution in [2.75, 3.05) is 39.4 Å². The maximum absolute atomic E-state index is 13.6. The first kappa shape index (κ1) is 21.7. The van der Waals surface area contributed by atoms with Crippen molar-refractivity contribution in [2.45, 2.75) is 26.3 Å². The van der Waals surface area contributed by atoms with Gasteiger partial charge in [-0.25, -0.2) is 0 Å². The molecule has 1 N–H and O–H groups in total. The van der Waals surface area contributed by atoms with E-state index in [1.165, 1.54) is 0 Å². The van der Waals surface area contributed by atoms with Crippen LogP contribution in [0.1, 0.15) is 45.3 Å². The minimum atomic E-state index is -0.591. The molecule has 2 aromatic carbocycles. The van der Waals surface area contributed by atoms with Gasteiger partial charge in [0.2, 0.25) is 5.76 Å². The molecule has 7 heteroatoms. The van der Waals surface area contributed by atoms with Crippen molar-refractivity contribution in [3.05, 3.63) is 74.6 Å². The highest BCUT2D eigenvalue weighted by Gasteiger charge is 2.42. The summed E-state index contributed by atoms with van der Waals surface area (Å²) >= 11 is 0. The highest BCUT2D eigenvalue weighted by Crippen LogP contribution is 2.39. The van der Waals surface area contributed by atoms with Gasteiger partial charge in [0, 0.05) is 26.2 Å². The van der Waals surface area contributed by atoms with Gasteiger partial charge in [0.05, 0.1) is 30.2 Å². The molecular weight excluding hydrogens is 420 g/mol. The van der Waals surface area contributed by atoms with Gasteiger partial charge in [-0.15, -0.1) is 0 Å². The number of rotatable bonds is 5. The largest absolute Gasteiger partial charge is 0.508 e. The number of amides is 1. The van der Waals surface area contributed by atoms with Crippen molar-refractivity contribution in [1.29, 1.82) is 0 Å². The lowest BCUT2D eigenvalue weighted by Crippen LogP contribution is -2.38. The first-order chi connectivity index (χ1) is 15.9. The van der Waals surface area contributed by atoms with Crippen molar-refractivity contribution in [3.8, 4) is 5.75 Å². The monoisotopic (exact) mass is 448 g/mol. The molecule has 1 amide bonds. The molecule has 5 rings (SSSR count). The first-order valence-corrected chi connectivity index (χ1v) is 11.4. The Morgan fingerprint density at radius 2 is 1.79 bits per heavy atom. The third kappa shape index (κ3) is 3.92.